The van der Waals surface area contributed by atoms with Crippen molar-refractivity contribution in [2.75, 3.05) is 4.90 Å². The SMILES string of the molecule is O=C1c2oc3ccc(Br)cc3c(=O)c2C(c2ccccc2)N1c1ccc(Cl)cn1. The van der Waals surface area contributed by atoms with Crippen LogP contribution in [0.15, 0.2) is 80.5 Å². The molecule has 7 heteroatoms. The number of hydrogen-bond acceptors (Lipinski definition) is 4. The number of hydrogen-bond donors (Lipinski definition) is 0. The molecule has 1 aliphatic heterocycles. The van der Waals surface area contributed by atoms with E-state index in [0.717, 1.165) is 10.0 Å². The van der Waals surface area contributed by atoms with Crippen molar-refractivity contribution in [2.24, 2.45) is 0 Å². The van der Waals surface area contributed by atoms with Crippen molar-refractivity contribution in [3.63, 3.8) is 0 Å². The molecule has 0 spiro atoms. The van der Waals surface area contributed by atoms with E-state index in [9.17, 15) is 9.59 Å². The summed E-state index contributed by atoms with van der Waals surface area (Å²) in [6, 6.07) is 17.2. The highest BCUT2D eigenvalue weighted by molar-refractivity contribution is 9.10. The third kappa shape index (κ3) is 2.87. The van der Waals surface area contributed by atoms with E-state index in [1.165, 1.54) is 11.1 Å². The second kappa shape index (κ2) is 6.83. The van der Waals surface area contributed by atoms with Gasteiger partial charge >= 0.3 is 0 Å². The van der Waals surface area contributed by atoms with Crippen molar-refractivity contribution in [1.29, 1.82) is 0 Å². The number of anilines is 1. The highest BCUT2D eigenvalue weighted by Gasteiger charge is 2.44. The molecule has 0 aliphatic carbocycles. The van der Waals surface area contributed by atoms with Crippen LogP contribution in [0, 0.1) is 0 Å². The van der Waals surface area contributed by atoms with E-state index in [4.69, 9.17) is 16.0 Å². The van der Waals surface area contributed by atoms with Gasteiger partial charge in [-0.2, -0.15) is 0 Å². The molecule has 4 aromatic rings. The lowest BCUT2D eigenvalue weighted by molar-refractivity contribution is 0.0970. The zero-order chi connectivity index (χ0) is 20.1. The minimum Gasteiger partial charge on any atom is -0.450 e. The average molecular weight is 468 g/mol. The molecule has 2 aromatic carbocycles. The smallest absolute Gasteiger partial charge is 0.296 e. The Morgan fingerprint density at radius 2 is 1.83 bits per heavy atom. The van der Waals surface area contributed by atoms with Crippen molar-refractivity contribution in [1.82, 2.24) is 4.98 Å². The topological polar surface area (TPSA) is 63.4 Å². The standard InChI is InChI=1S/C22H12BrClN2O3/c23-13-6-8-16-15(10-13)20(27)18-19(12-4-2-1-3-5-12)26(22(28)21(18)29-16)17-9-7-14(24)11-25-17/h1-11,19H. The molecule has 29 heavy (non-hydrogen) atoms. The van der Waals surface area contributed by atoms with E-state index in [1.807, 2.05) is 30.3 Å². The summed E-state index contributed by atoms with van der Waals surface area (Å²) < 4.78 is 6.67. The van der Waals surface area contributed by atoms with Gasteiger partial charge in [0, 0.05) is 10.7 Å². The fourth-order valence-electron chi connectivity index (χ4n) is 3.64. The van der Waals surface area contributed by atoms with Crippen LogP contribution in [0.4, 0.5) is 5.82 Å². The fourth-order valence-corrected chi connectivity index (χ4v) is 4.12. The Labute approximate surface area is 178 Å². The van der Waals surface area contributed by atoms with Gasteiger partial charge in [-0.25, -0.2) is 4.98 Å². The minimum absolute atomic E-state index is 0.0374. The molecule has 1 atom stereocenters. The molecule has 2 aromatic heterocycles. The van der Waals surface area contributed by atoms with Crippen LogP contribution in [0.2, 0.25) is 5.02 Å². The summed E-state index contributed by atoms with van der Waals surface area (Å²) in [6.45, 7) is 0. The first kappa shape index (κ1) is 18.1. The zero-order valence-electron chi connectivity index (χ0n) is 14.8. The monoisotopic (exact) mass is 466 g/mol. The number of amides is 1. The summed E-state index contributed by atoms with van der Waals surface area (Å²) in [6.07, 6.45) is 1.47. The maximum absolute atomic E-state index is 13.4. The number of aromatic nitrogens is 1. The lowest BCUT2D eigenvalue weighted by Gasteiger charge is -2.24. The molecule has 1 unspecified atom stereocenters. The van der Waals surface area contributed by atoms with Gasteiger partial charge in [0.25, 0.3) is 5.91 Å². The zero-order valence-corrected chi connectivity index (χ0v) is 17.1. The Morgan fingerprint density at radius 1 is 1.03 bits per heavy atom. The fraction of sp³-hybridized carbons (Fsp3) is 0.0455. The van der Waals surface area contributed by atoms with Gasteiger partial charge in [0.2, 0.25) is 5.76 Å². The molecule has 1 amide bonds. The maximum Gasteiger partial charge on any atom is 0.296 e. The second-order valence-corrected chi connectivity index (χ2v) is 7.99. The van der Waals surface area contributed by atoms with E-state index < -0.39 is 11.9 Å². The Hall–Kier alpha value is -2.96. The molecule has 0 saturated heterocycles. The quantitative estimate of drug-likeness (QED) is 0.398. The largest absolute Gasteiger partial charge is 0.450 e. The summed E-state index contributed by atoms with van der Waals surface area (Å²) in [5.74, 6) is 0.0188. The number of pyridine rings is 1. The van der Waals surface area contributed by atoms with E-state index in [1.54, 1.807) is 30.3 Å². The van der Waals surface area contributed by atoms with Gasteiger partial charge < -0.3 is 4.42 Å². The highest BCUT2D eigenvalue weighted by Crippen LogP contribution is 2.40. The normalized spacial score (nSPS) is 15.7. The predicted molar refractivity (Wildman–Crippen MR) is 115 cm³/mol. The number of nitrogens with zero attached hydrogens (tertiary/aromatic N) is 2. The molecular weight excluding hydrogens is 456 g/mol. The van der Waals surface area contributed by atoms with Crippen molar-refractivity contribution in [3.05, 3.63) is 103 Å². The number of carbonyl (C=O) groups excluding carboxylic acids is 1. The first-order chi connectivity index (χ1) is 14.0. The molecule has 142 valence electrons. The molecule has 0 N–H and O–H groups in total. The summed E-state index contributed by atoms with van der Waals surface area (Å²) in [5, 5.41) is 0.872. The lowest BCUT2D eigenvalue weighted by atomic mass is 9.98. The van der Waals surface area contributed by atoms with E-state index in [-0.39, 0.29) is 11.2 Å². The van der Waals surface area contributed by atoms with Gasteiger partial charge in [-0.05, 0) is 35.9 Å². The molecule has 3 heterocycles. The molecule has 0 radical (unpaired) electrons. The van der Waals surface area contributed by atoms with E-state index in [0.29, 0.717) is 27.4 Å². The van der Waals surface area contributed by atoms with Crippen LogP contribution < -0.4 is 10.3 Å². The van der Waals surface area contributed by atoms with Crippen LogP contribution in [0.3, 0.4) is 0 Å². The Balaban J connectivity index is 1.82. The van der Waals surface area contributed by atoms with Crippen molar-refractivity contribution in [3.8, 4) is 0 Å². The average Bonchev–Trinajstić information content (AvgIpc) is 3.03. The first-order valence-electron chi connectivity index (χ1n) is 8.81. The number of benzene rings is 2. The van der Waals surface area contributed by atoms with E-state index in [2.05, 4.69) is 20.9 Å². The van der Waals surface area contributed by atoms with Gasteiger partial charge in [-0.3, -0.25) is 14.5 Å². The third-order valence-electron chi connectivity index (χ3n) is 4.91. The summed E-state index contributed by atoms with van der Waals surface area (Å²) in [4.78, 5) is 32.6. The van der Waals surface area contributed by atoms with Crippen LogP contribution in [0.1, 0.15) is 27.7 Å². The maximum atomic E-state index is 13.4. The van der Waals surface area contributed by atoms with E-state index >= 15 is 0 Å². The molecule has 0 saturated carbocycles. The van der Waals surface area contributed by atoms with Crippen LogP contribution in [0.5, 0.6) is 0 Å². The van der Waals surface area contributed by atoms with Crippen molar-refractivity contribution < 1.29 is 9.21 Å². The molecule has 5 rings (SSSR count). The number of carbonyl (C=O) groups is 1. The number of rotatable bonds is 2. The molecule has 0 fully saturated rings. The van der Waals surface area contributed by atoms with Crippen LogP contribution in [0.25, 0.3) is 11.0 Å². The molecular formula is C22H12BrClN2O3. The molecule has 0 bridgehead atoms. The Kier molecular flexibility index (Phi) is 4.26. The first-order valence-corrected chi connectivity index (χ1v) is 9.98. The summed E-state index contributed by atoms with van der Waals surface area (Å²) >= 11 is 9.36. The van der Waals surface area contributed by atoms with Crippen molar-refractivity contribution in [2.45, 2.75) is 6.04 Å². The van der Waals surface area contributed by atoms with Gasteiger partial charge in [-0.1, -0.05) is 57.9 Å². The van der Waals surface area contributed by atoms with Gasteiger partial charge in [0.05, 0.1) is 22.0 Å². The number of fused-ring (bicyclic) bond motifs is 2. The van der Waals surface area contributed by atoms with Crippen LogP contribution >= 0.6 is 27.5 Å². The number of halogens is 2. The van der Waals surface area contributed by atoms with Gasteiger partial charge in [-0.15, -0.1) is 0 Å². The van der Waals surface area contributed by atoms with Crippen LogP contribution in [-0.4, -0.2) is 10.9 Å². The minimum atomic E-state index is -0.646. The highest BCUT2D eigenvalue weighted by atomic mass is 79.9. The van der Waals surface area contributed by atoms with Gasteiger partial charge in [0.15, 0.2) is 5.43 Å². The Morgan fingerprint density at radius 3 is 2.55 bits per heavy atom. The summed E-state index contributed by atoms with van der Waals surface area (Å²) in [5.41, 5.74) is 1.23. The van der Waals surface area contributed by atoms with Crippen LogP contribution in [-0.2, 0) is 0 Å². The van der Waals surface area contributed by atoms with Crippen molar-refractivity contribution >= 4 is 50.2 Å². The predicted octanol–water partition coefficient (Wildman–Crippen LogP) is 5.35. The lowest BCUT2D eigenvalue weighted by Crippen LogP contribution is -2.30. The molecule has 1 aliphatic rings. The summed E-state index contributed by atoms with van der Waals surface area (Å²) in [7, 11) is 0. The third-order valence-corrected chi connectivity index (χ3v) is 5.62. The molecule has 5 nitrogen and oxygen atoms in total. The Bertz CT molecular complexity index is 1320. The second-order valence-electron chi connectivity index (χ2n) is 6.64. The van der Waals surface area contributed by atoms with Gasteiger partial charge in [0.1, 0.15) is 11.4 Å².